The number of sulfonamides is 1. The Kier molecular flexibility index (Phi) is 11.5. The van der Waals surface area contributed by atoms with E-state index in [0.717, 1.165) is 49.5 Å². The normalized spacial score (nSPS) is 26.8. The Morgan fingerprint density at radius 1 is 0.953 bits per heavy atom. The summed E-state index contributed by atoms with van der Waals surface area (Å²) >= 11 is 0. The van der Waals surface area contributed by atoms with E-state index in [-0.39, 0.29) is 30.9 Å². The predicted octanol–water partition coefficient (Wildman–Crippen LogP) is 7.72. The fourth-order valence-electron chi connectivity index (χ4n) is 9.49. The van der Waals surface area contributed by atoms with Crippen LogP contribution < -0.4 is 20.1 Å². The van der Waals surface area contributed by atoms with Crippen molar-refractivity contribution >= 4 is 55.9 Å². The van der Waals surface area contributed by atoms with E-state index in [0.29, 0.717) is 60.2 Å². The van der Waals surface area contributed by atoms with Crippen LogP contribution in [0.15, 0.2) is 71.2 Å². The minimum atomic E-state index is -4.01. The van der Waals surface area contributed by atoms with Crippen LogP contribution in [0.5, 0.6) is 5.75 Å². The molecule has 5 atom stereocenters. The molecule has 3 aliphatic carbocycles. The molecule has 64 heavy (non-hydrogen) atoms. The van der Waals surface area contributed by atoms with Gasteiger partial charge in [0.05, 0.1) is 17.0 Å². The number of nitrogens with one attached hydrogen (secondary N) is 3. The summed E-state index contributed by atoms with van der Waals surface area (Å²) in [5, 5.41) is 6.60. The molecule has 5 aliphatic rings. The summed E-state index contributed by atoms with van der Waals surface area (Å²) in [5.41, 5.74) is 2.74. The number of ether oxygens (including phenoxy) is 2. The first-order chi connectivity index (χ1) is 30.5. The number of aromatic nitrogens is 1. The number of allylic oxidation sites excluding steroid dienone is 1. The molecule has 9 rings (SSSR count). The Morgan fingerprint density at radius 3 is 2.42 bits per heavy atom. The number of para-hydroxylation sites is 1. The van der Waals surface area contributed by atoms with Gasteiger partial charge in [0.1, 0.15) is 40.9 Å². The van der Waals surface area contributed by atoms with Gasteiger partial charge in [0.2, 0.25) is 21.8 Å². The van der Waals surface area contributed by atoms with Crippen molar-refractivity contribution in [3.63, 3.8) is 0 Å². The lowest BCUT2D eigenvalue weighted by atomic mass is 9.86. The van der Waals surface area contributed by atoms with Gasteiger partial charge in [-0.15, -0.1) is 0 Å². The van der Waals surface area contributed by atoms with Crippen LogP contribution in [-0.4, -0.2) is 83.2 Å². The monoisotopic (exact) mass is 893 g/mol. The van der Waals surface area contributed by atoms with Gasteiger partial charge in [-0.2, -0.15) is 0 Å². The van der Waals surface area contributed by atoms with Crippen LogP contribution in [0.4, 0.5) is 4.79 Å². The molecule has 2 aliphatic heterocycles. The smallest absolute Gasteiger partial charge is 0.408 e. The van der Waals surface area contributed by atoms with Crippen molar-refractivity contribution in [2.45, 2.75) is 151 Å². The number of hydrogen-bond donors (Lipinski definition) is 3. The standard InChI is InChI=1S/C49H59N5O9S/c1-47(2,3)31-22-20-30(21-23-31)37-27-40(42-41(50-37)35-17-12-13-19-39(35)63-42)61-34-26-38-43(55)52-49(45(57)53-64(59,60)48(4)24-25-48)28-32(49)14-8-6-5-7-9-18-36(44(56)54(38)29-34)51-46(58)62-33-15-10-11-16-33/h8,12-14,17,19-23,27,32-34,36,38H,5-7,9-11,15-16,18,24-26,28-29H2,1-4H3,(H,51,58)(H,52,55)(H,53,57)/b14-8-/t32-,34+,36-,38-,49+/m0/s1. The minimum Gasteiger partial charge on any atom is -0.484 e. The number of amides is 4. The summed E-state index contributed by atoms with van der Waals surface area (Å²) < 4.78 is 46.8. The van der Waals surface area contributed by atoms with Gasteiger partial charge in [0.15, 0.2) is 11.3 Å². The number of rotatable bonds is 8. The number of carbonyl (C=O) groups is 4. The molecule has 0 spiro atoms. The van der Waals surface area contributed by atoms with Crippen molar-refractivity contribution in [1.29, 1.82) is 0 Å². The van der Waals surface area contributed by atoms with Gasteiger partial charge in [-0.3, -0.25) is 19.1 Å². The topological polar surface area (TPSA) is 186 Å². The molecule has 14 nitrogen and oxygen atoms in total. The van der Waals surface area contributed by atoms with Crippen molar-refractivity contribution in [3.05, 3.63) is 72.3 Å². The third-order valence-electron chi connectivity index (χ3n) is 14.0. The predicted molar refractivity (Wildman–Crippen MR) is 242 cm³/mol. The van der Waals surface area contributed by atoms with Gasteiger partial charge < -0.3 is 29.4 Å². The Morgan fingerprint density at radius 2 is 1.69 bits per heavy atom. The fraction of sp³-hybridized carbons (Fsp3) is 0.531. The molecule has 3 saturated carbocycles. The molecule has 1 saturated heterocycles. The highest BCUT2D eigenvalue weighted by atomic mass is 32.2. The largest absolute Gasteiger partial charge is 0.484 e. The molecule has 4 fully saturated rings. The number of benzene rings is 2. The van der Waals surface area contributed by atoms with E-state index in [4.69, 9.17) is 18.9 Å². The van der Waals surface area contributed by atoms with E-state index < -0.39 is 68.2 Å². The minimum absolute atomic E-state index is 0.0261. The number of fused-ring (bicyclic) bond motifs is 5. The number of pyridine rings is 1. The van der Waals surface area contributed by atoms with Crippen molar-refractivity contribution in [2.24, 2.45) is 5.92 Å². The summed E-state index contributed by atoms with van der Waals surface area (Å²) in [6, 6.07) is 15.5. The van der Waals surface area contributed by atoms with Crippen molar-refractivity contribution in [2.75, 3.05) is 6.54 Å². The SMILES string of the molecule is CC(C)(C)c1ccc(-c2cc(O[C@@H]3C[C@H]4C(=O)N[C@]5(C(=O)NS(=O)(=O)C6(C)CC6)C[C@@H]5/C=C\CCCCC[C@H](NC(=O)OC5CCCC5)C(=O)N4C3)c3oc4ccccc4c3n2)cc1. The first-order valence-electron chi connectivity index (χ1n) is 23.0. The second-order valence-electron chi connectivity index (χ2n) is 19.8. The van der Waals surface area contributed by atoms with E-state index >= 15 is 0 Å². The molecule has 15 heteroatoms. The summed E-state index contributed by atoms with van der Waals surface area (Å²) in [5.74, 6) is -1.95. The molecule has 0 radical (unpaired) electrons. The first-order valence-corrected chi connectivity index (χ1v) is 24.4. The van der Waals surface area contributed by atoms with Gasteiger partial charge in [0, 0.05) is 29.4 Å². The molecule has 3 N–H and O–H groups in total. The first kappa shape index (κ1) is 43.8. The quantitative estimate of drug-likeness (QED) is 0.148. The lowest BCUT2D eigenvalue weighted by Crippen LogP contribution is -2.58. The maximum absolute atomic E-state index is 14.9. The van der Waals surface area contributed by atoms with Crippen molar-refractivity contribution < 1.29 is 41.5 Å². The van der Waals surface area contributed by atoms with Crippen LogP contribution in [0.1, 0.15) is 117 Å². The maximum Gasteiger partial charge on any atom is 0.408 e. The van der Waals surface area contributed by atoms with Crippen LogP contribution in [-0.2, 0) is 34.6 Å². The van der Waals surface area contributed by atoms with Gasteiger partial charge in [-0.1, -0.05) is 82.2 Å². The van der Waals surface area contributed by atoms with E-state index in [1.54, 1.807) is 6.92 Å². The van der Waals surface area contributed by atoms with Crippen molar-refractivity contribution in [3.8, 4) is 17.0 Å². The molecule has 340 valence electrons. The zero-order chi connectivity index (χ0) is 45.0. The highest BCUT2D eigenvalue weighted by Crippen LogP contribution is 2.48. The zero-order valence-corrected chi connectivity index (χ0v) is 37.9. The third kappa shape index (κ3) is 8.71. The molecule has 0 bridgehead atoms. The molecule has 4 heterocycles. The summed E-state index contributed by atoms with van der Waals surface area (Å²) in [7, 11) is -4.01. The van der Waals surface area contributed by atoms with Crippen LogP contribution in [0, 0.1) is 5.92 Å². The van der Waals surface area contributed by atoms with Gasteiger partial charge in [0.25, 0.3) is 5.91 Å². The van der Waals surface area contributed by atoms with Crippen LogP contribution in [0.2, 0.25) is 0 Å². The van der Waals surface area contributed by atoms with E-state index in [9.17, 15) is 27.6 Å². The number of furan rings is 1. The lowest BCUT2D eigenvalue weighted by Gasteiger charge is -2.30. The van der Waals surface area contributed by atoms with Crippen LogP contribution in [0.25, 0.3) is 33.3 Å². The third-order valence-corrected chi connectivity index (χ3v) is 16.1. The second-order valence-corrected chi connectivity index (χ2v) is 22.0. The molecule has 0 unspecified atom stereocenters. The second kappa shape index (κ2) is 16.8. The molecule has 4 aromatic rings. The molecule has 2 aromatic carbocycles. The molecule has 2 aromatic heterocycles. The average molecular weight is 894 g/mol. The Bertz CT molecular complexity index is 2610. The maximum atomic E-state index is 14.9. The Labute approximate surface area is 374 Å². The summed E-state index contributed by atoms with van der Waals surface area (Å²) in [4.78, 5) is 63.5. The van der Waals surface area contributed by atoms with Crippen LogP contribution in [0.3, 0.4) is 0 Å². The zero-order valence-electron chi connectivity index (χ0n) is 37.1. The van der Waals surface area contributed by atoms with Gasteiger partial charge >= 0.3 is 6.09 Å². The average Bonchev–Trinajstić information content (AvgIpc) is 3.92. The van der Waals surface area contributed by atoms with E-state index in [1.165, 1.54) is 10.5 Å². The molecule has 4 amide bonds. The van der Waals surface area contributed by atoms with E-state index in [2.05, 4.69) is 48.3 Å². The lowest BCUT2D eigenvalue weighted by molar-refractivity contribution is -0.141. The van der Waals surface area contributed by atoms with Crippen LogP contribution >= 0.6 is 0 Å². The number of nitrogens with zero attached hydrogens (tertiary/aromatic N) is 2. The summed E-state index contributed by atoms with van der Waals surface area (Å²) in [6.45, 7) is 8.05. The van der Waals surface area contributed by atoms with E-state index in [1.807, 2.05) is 54.6 Å². The number of hydrogen-bond acceptors (Lipinski definition) is 10. The fourth-order valence-corrected chi connectivity index (χ4v) is 10.8. The molecular formula is C49H59N5O9S. The summed E-state index contributed by atoms with van der Waals surface area (Å²) in [6.07, 6.45) is 10.00. The highest BCUT2D eigenvalue weighted by Gasteiger charge is 2.63. The highest BCUT2D eigenvalue weighted by molar-refractivity contribution is 7.91. The van der Waals surface area contributed by atoms with Gasteiger partial charge in [-0.05, 0) is 94.2 Å². The Balaban J connectivity index is 1.06. The Hall–Kier alpha value is -5.44. The molecular weight excluding hydrogens is 835 g/mol. The number of alkyl carbamates (subject to hydrolysis) is 1. The van der Waals surface area contributed by atoms with Gasteiger partial charge in [-0.25, -0.2) is 18.2 Å². The number of carbonyl (C=O) groups excluding carboxylic acids is 4. The van der Waals surface area contributed by atoms with Crippen molar-refractivity contribution in [1.82, 2.24) is 25.2 Å².